The maximum absolute atomic E-state index is 13.1. The Morgan fingerprint density at radius 3 is 2.62 bits per heavy atom. The van der Waals surface area contributed by atoms with Crippen LogP contribution in [0.3, 0.4) is 0 Å². The molecule has 0 radical (unpaired) electrons. The van der Waals surface area contributed by atoms with E-state index in [0.29, 0.717) is 12.1 Å². The third-order valence-electron chi connectivity index (χ3n) is 3.13. The summed E-state index contributed by atoms with van der Waals surface area (Å²) in [6, 6.07) is 13.8. The first-order valence-electron chi connectivity index (χ1n) is 7.00. The number of benzene rings is 2. The molecule has 0 bridgehead atoms. The number of aryl methyl sites for hydroxylation is 1. The van der Waals surface area contributed by atoms with Gasteiger partial charge in [-0.25, -0.2) is 4.39 Å². The van der Waals surface area contributed by atoms with Gasteiger partial charge in [0.15, 0.2) is 0 Å². The van der Waals surface area contributed by atoms with Gasteiger partial charge in [0.1, 0.15) is 5.82 Å². The molecule has 0 aliphatic carbocycles. The van der Waals surface area contributed by atoms with E-state index in [1.54, 1.807) is 12.1 Å². The average Bonchev–Trinajstić information content (AvgIpc) is 2.45. The van der Waals surface area contributed by atoms with Gasteiger partial charge >= 0.3 is 0 Å². The van der Waals surface area contributed by atoms with E-state index in [1.807, 2.05) is 24.3 Å². The van der Waals surface area contributed by atoms with Crippen LogP contribution in [-0.2, 0) is 17.6 Å². The summed E-state index contributed by atoms with van der Waals surface area (Å²) in [4.78, 5) is 12.0. The number of carbonyl (C=O) groups excluding carboxylic acids is 1. The summed E-state index contributed by atoms with van der Waals surface area (Å²) in [5.74, 6) is -0.486. The van der Waals surface area contributed by atoms with E-state index >= 15 is 0 Å². The molecule has 3 N–H and O–H groups in total. The van der Waals surface area contributed by atoms with Gasteiger partial charge < -0.3 is 11.1 Å². The van der Waals surface area contributed by atoms with E-state index in [2.05, 4.69) is 5.32 Å². The summed E-state index contributed by atoms with van der Waals surface area (Å²) >= 11 is 0. The number of rotatable bonds is 6. The van der Waals surface area contributed by atoms with E-state index in [0.717, 1.165) is 24.1 Å². The highest BCUT2D eigenvalue weighted by atomic mass is 19.1. The van der Waals surface area contributed by atoms with Gasteiger partial charge in [0.25, 0.3) is 0 Å². The molecule has 0 heterocycles. The first-order chi connectivity index (χ1) is 10.2. The minimum atomic E-state index is -0.330. The second-order valence-electron chi connectivity index (χ2n) is 4.95. The van der Waals surface area contributed by atoms with Crippen LogP contribution in [0.5, 0.6) is 0 Å². The molecule has 4 heteroatoms. The molecule has 21 heavy (non-hydrogen) atoms. The van der Waals surface area contributed by atoms with Gasteiger partial charge in [0.05, 0.1) is 6.42 Å². The van der Waals surface area contributed by atoms with Crippen molar-refractivity contribution in [1.29, 1.82) is 0 Å². The third kappa shape index (κ3) is 5.00. The monoisotopic (exact) mass is 286 g/mol. The van der Waals surface area contributed by atoms with Gasteiger partial charge in [-0.05, 0) is 54.8 Å². The van der Waals surface area contributed by atoms with Crippen LogP contribution < -0.4 is 11.1 Å². The summed E-state index contributed by atoms with van der Waals surface area (Å²) in [6.07, 6.45) is 1.97. The van der Waals surface area contributed by atoms with Crippen molar-refractivity contribution in [2.45, 2.75) is 19.3 Å². The predicted molar refractivity (Wildman–Crippen MR) is 82.6 cm³/mol. The Balaban J connectivity index is 1.96. The van der Waals surface area contributed by atoms with Crippen molar-refractivity contribution >= 4 is 11.6 Å². The zero-order valence-corrected chi connectivity index (χ0v) is 11.8. The molecule has 0 spiro atoms. The fourth-order valence-electron chi connectivity index (χ4n) is 2.15. The van der Waals surface area contributed by atoms with Crippen LogP contribution >= 0.6 is 0 Å². The minimum Gasteiger partial charge on any atom is -0.330 e. The topological polar surface area (TPSA) is 55.1 Å². The zero-order chi connectivity index (χ0) is 15.1. The molecule has 0 saturated carbocycles. The first-order valence-corrected chi connectivity index (χ1v) is 7.00. The van der Waals surface area contributed by atoms with Crippen molar-refractivity contribution < 1.29 is 9.18 Å². The summed E-state index contributed by atoms with van der Waals surface area (Å²) in [6.45, 7) is 0.649. The third-order valence-corrected chi connectivity index (χ3v) is 3.13. The van der Waals surface area contributed by atoms with Crippen molar-refractivity contribution in [3.8, 4) is 0 Å². The molecule has 1 amide bonds. The Labute approximate surface area is 124 Å². The average molecular weight is 286 g/mol. The lowest BCUT2D eigenvalue weighted by Gasteiger charge is -2.07. The molecule has 0 fully saturated rings. The van der Waals surface area contributed by atoms with E-state index in [-0.39, 0.29) is 18.1 Å². The second kappa shape index (κ2) is 7.55. The quantitative estimate of drug-likeness (QED) is 0.858. The molecule has 0 saturated heterocycles. The Morgan fingerprint density at radius 1 is 1.10 bits per heavy atom. The molecule has 0 unspecified atom stereocenters. The molecule has 110 valence electrons. The van der Waals surface area contributed by atoms with Crippen molar-refractivity contribution in [1.82, 2.24) is 0 Å². The lowest BCUT2D eigenvalue weighted by molar-refractivity contribution is -0.115. The second-order valence-corrected chi connectivity index (χ2v) is 4.95. The minimum absolute atomic E-state index is 0.156. The van der Waals surface area contributed by atoms with Crippen LogP contribution in [0, 0.1) is 5.82 Å². The standard InChI is InChI=1S/C17H19FN2O/c18-15-7-1-5-14(10-15)12-17(21)20-16-8-2-4-13(11-16)6-3-9-19/h1-2,4-5,7-8,10-11H,3,6,9,12,19H2,(H,20,21). The summed E-state index contributed by atoms with van der Waals surface area (Å²) in [7, 11) is 0. The van der Waals surface area contributed by atoms with Gasteiger partial charge in [0.2, 0.25) is 5.91 Å². The summed E-state index contributed by atoms with van der Waals surface area (Å²) in [5, 5.41) is 2.83. The maximum atomic E-state index is 13.1. The van der Waals surface area contributed by atoms with Crippen molar-refractivity contribution in [3.63, 3.8) is 0 Å². The fourth-order valence-corrected chi connectivity index (χ4v) is 2.15. The first kappa shape index (κ1) is 15.2. The van der Waals surface area contributed by atoms with Crippen LogP contribution in [0.25, 0.3) is 0 Å². The maximum Gasteiger partial charge on any atom is 0.228 e. The molecule has 0 aliphatic heterocycles. The largest absolute Gasteiger partial charge is 0.330 e. The van der Waals surface area contributed by atoms with E-state index in [1.165, 1.54) is 12.1 Å². The molecule has 0 atom stereocenters. The predicted octanol–water partition coefficient (Wildman–Crippen LogP) is 2.90. The number of hydrogen-bond donors (Lipinski definition) is 2. The molecule has 2 aromatic rings. The molecule has 0 aliphatic rings. The van der Waals surface area contributed by atoms with Gasteiger partial charge in [-0.15, -0.1) is 0 Å². The van der Waals surface area contributed by atoms with E-state index in [4.69, 9.17) is 5.73 Å². The number of anilines is 1. The Kier molecular flexibility index (Phi) is 5.46. The van der Waals surface area contributed by atoms with Crippen molar-refractivity contribution in [2.24, 2.45) is 5.73 Å². The Morgan fingerprint density at radius 2 is 1.86 bits per heavy atom. The smallest absolute Gasteiger partial charge is 0.228 e. The number of halogens is 1. The van der Waals surface area contributed by atoms with Crippen LogP contribution in [0.4, 0.5) is 10.1 Å². The Hall–Kier alpha value is -2.20. The van der Waals surface area contributed by atoms with E-state index in [9.17, 15) is 9.18 Å². The van der Waals surface area contributed by atoms with Gasteiger partial charge in [-0.2, -0.15) is 0 Å². The number of nitrogens with two attached hydrogens (primary N) is 1. The van der Waals surface area contributed by atoms with Gasteiger partial charge in [0, 0.05) is 5.69 Å². The summed E-state index contributed by atoms with van der Waals surface area (Å²) in [5.41, 5.74) is 8.05. The molecule has 2 aromatic carbocycles. The fraction of sp³-hybridized carbons (Fsp3) is 0.235. The number of carbonyl (C=O) groups is 1. The number of amides is 1. The SMILES string of the molecule is NCCCc1cccc(NC(=O)Cc2cccc(F)c2)c1. The van der Waals surface area contributed by atoms with Crippen LogP contribution in [0.2, 0.25) is 0 Å². The number of nitrogens with one attached hydrogen (secondary N) is 1. The molecular formula is C17H19FN2O. The highest BCUT2D eigenvalue weighted by Crippen LogP contribution is 2.13. The molecule has 2 rings (SSSR count). The van der Waals surface area contributed by atoms with Gasteiger partial charge in [-0.3, -0.25) is 4.79 Å². The van der Waals surface area contributed by atoms with E-state index < -0.39 is 0 Å². The number of hydrogen-bond acceptors (Lipinski definition) is 2. The van der Waals surface area contributed by atoms with Crippen LogP contribution in [-0.4, -0.2) is 12.5 Å². The highest BCUT2D eigenvalue weighted by Gasteiger charge is 2.05. The van der Waals surface area contributed by atoms with Crippen LogP contribution in [0.1, 0.15) is 17.5 Å². The van der Waals surface area contributed by atoms with Crippen molar-refractivity contribution in [3.05, 3.63) is 65.5 Å². The molecule has 3 nitrogen and oxygen atoms in total. The molecular weight excluding hydrogens is 267 g/mol. The van der Waals surface area contributed by atoms with Crippen molar-refractivity contribution in [2.75, 3.05) is 11.9 Å². The Bertz CT molecular complexity index is 613. The lowest BCUT2D eigenvalue weighted by Crippen LogP contribution is -2.14. The van der Waals surface area contributed by atoms with Gasteiger partial charge in [-0.1, -0.05) is 24.3 Å². The highest BCUT2D eigenvalue weighted by molar-refractivity contribution is 5.92. The summed E-state index contributed by atoms with van der Waals surface area (Å²) < 4.78 is 13.1. The zero-order valence-electron chi connectivity index (χ0n) is 11.8. The molecule has 0 aromatic heterocycles. The normalized spacial score (nSPS) is 10.4. The lowest BCUT2D eigenvalue weighted by atomic mass is 10.1. The van der Waals surface area contributed by atoms with Crippen LogP contribution in [0.15, 0.2) is 48.5 Å².